The van der Waals surface area contributed by atoms with Crippen LogP contribution in [0.3, 0.4) is 0 Å². The van der Waals surface area contributed by atoms with Crippen LogP contribution in [0.15, 0.2) is 46.9 Å². The summed E-state index contributed by atoms with van der Waals surface area (Å²) in [5.41, 5.74) is 2.84. The number of halogens is 1. The van der Waals surface area contributed by atoms with Crippen molar-refractivity contribution in [1.29, 1.82) is 0 Å². The number of nitrogens with zero attached hydrogens (tertiary/aromatic N) is 3. The molecule has 10 heteroatoms. The summed E-state index contributed by atoms with van der Waals surface area (Å²) in [5.74, 6) is -0.764. The Labute approximate surface area is 217 Å². The maximum absolute atomic E-state index is 13.7. The van der Waals surface area contributed by atoms with Crippen LogP contribution in [-0.4, -0.2) is 62.7 Å². The zero-order valence-electron chi connectivity index (χ0n) is 21.2. The van der Waals surface area contributed by atoms with Crippen molar-refractivity contribution in [3.63, 3.8) is 0 Å². The standard InChI is InChI=1S/C25H35BrN4O4S/c1-7-13-27-25(32)20(4)29(16-21-9-8-10-22(26)15-21)24(31)17-30(35(33,34)28(5)6)23-14-18(2)11-12-19(23)3/h8-12,14-15,20H,7,13,16-17H2,1-6H3,(H,27,32). The van der Waals surface area contributed by atoms with E-state index in [1.54, 1.807) is 19.9 Å². The fourth-order valence-electron chi connectivity index (χ4n) is 3.50. The van der Waals surface area contributed by atoms with Crippen LogP contribution in [-0.2, 0) is 26.3 Å². The van der Waals surface area contributed by atoms with Gasteiger partial charge in [-0.05, 0) is 62.1 Å². The molecule has 0 saturated heterocycles. The largest absolute Gasteiger partial charge is 0.354 e. The second-order valence-electron chi connectivity index (χ2n) is 8.71. The minimum Gasteiger partial charge on any atom is -0.354 e. The van der Waals surface area contributed by atoms with Crippen LogP contribution in [0.2, 0.25) is 0 Å². The minimum atomic E-state index is -3.99. The molecule has 0 bridgehead atoms. The molecule has 0 spiro atoms. The summed E-state index contributed by atoms with van der Waals surface area (Å²) in [4.78, 5) is 27.9. The maximum Gasteiger partial charge on any atom is 0.304 e. The van der Waals surface area contributed by atoms with Gasteiger partial charge in [0.2, 0.25) is 11.8 Å². The van der Waals surface area contributed by atoms with E-state index in [1.165, 1.54) is 19.0 Å². The van der Waals surface area contributed by atoms with Gasteiger partial charge in [-0.2, -0.15) is 12.7 Å². The van der Waals surface area contributed by atoms with Gasteiger partial charge in [-0.1, -0.05) is 47.1 Å². The van der Waals surface area contributed by atoms with E-state index in [1.807, 2.05) is 50.2 Å². The molecule has 0 aliphatic carbocycles. The first kappa shape index (κ1) is 28.8. The first-order valence-electron chi connectivity index (χ1n) is 11.5. The van der Waals surface area contributed by atoms with Gasteiger partial charge in [0, 0.05) is 31.7 Å². The van der Waals surface area contributed by atoms with Crippen LogP contribution in [0, 0.1) is 13.8 Å². The number of carbonyl (C=O) groups excluding carboxylic acids is 2. The number of benzene rings is 2. The molecule has 8 nitrogen and oxygen atoms in total. The van der Waals surface area contributed by atoms with Gasteiger partial charge in [0.25, 0.3) is 0 Å². The first-order chi connectivity index (χ1) is 16.4. The Hall–Kier alpha value is -2.43. The molecule has 0 aliphatic heterocycles. The summed E-state index contributed by atoms with van der Waals surface area (Å²) < 4.78 is 29.6. The summed E-state index contributed by atoms with van der Waals surface area (Å²) in [6.45, 7) is 7.48. The van der Waals surface area contributed by atoms with E-state index in [9.17, 15) is 18.0 Å². The number of carbonyl (C=O) groups is 2. The molecule has 35 heavy (non-hydrogen) atoms. The van der Waals surface area contributed by atoms with Crippen LogP contribution in [0.4, 0.5) is 5.69 Å². The van der Waals surface area contributed by atoms with Crippen LogP contribution >= 0.6 is 15.9 Å². The van der Waals surface area contributed by atoms with Crippen molar-refractivity contribution in [3.05, 3.63) is 63.6 Å². The zero-order chi connectivity index (χ0) is 26.3. The smallest absolute Gasteiger partial charge is 0.304 e. The zero-order valence-corrected chi connectivity index (χ0v) is 23.6. The molecule has 1 atom stereocenters. The van der Waals surface area contributed by atoms with E-state index in [-0.39, 0.29) is 12.5 Å². The lowest BCUT2D eigenvalue weighted by molar-refractivity contribution is -0.139. The van der Waals surface area contributed by atoms with Crippen molar-refractivity contribution in [3.8, 4) is 0 Å². The van der Waals surface area contributed by atoms with Crippen LogP contribution in [0.25, 0.3) is 0 Å². The van der Waals surface area contributed by atoms with Gasteiger partial charge >= 0.3 is 10.2 Å². The van der Waals surface area contributed by atoms with Gasteiger partial charge in [-0.15, -0.1) is 0 Å². The Bertz CT molecular complexity index is 1150. The molecular formula is C25H35BrN4O4S. The molecule has 0 aromatic heterocycles. The Morgan fingerprint density at radius 3 is 2.37 bits per heavy atom. The number of hydrogen-bond donors (Lipinski definition) is 1. The van der Waals surface area contributed by atoms with Gasteiger partial charge < -0.3 is 10.2 Å². The van der Waals surface area contributed by atoms with Crippen molar-refractivity contribution < 1.29 is 18.0 Å². The lowest BCUT2D eigenvalue weighted by Crippen LogP contribution is -2.52. The summed E-state index contributed by atoms with van der Waals surface area (Å²) in [7, 11) is -1.13. The molecule has 0 aliphatic rings. The predicted molar refractivity (Wildman–Crippen MR) is 143 cm³/mol. The maximum atomic E-state index is 13.7. The molecule has 192 valence electrons. The van der Waals surface area contributed by atoms with Gasteiger partial charge in [-0.3, -0.25) is 9.59 Å². The Balaban J connectivity index is 2.49. The average molecular weight is 568 g/mol. The SMILES string of the molecule is CCCNC(=O)C(C)N(Cc1cccc(Br)c1)C(=O)CN(c1cc(C)ccc1C)S(=O)(=O)N(C)C. The fourth-order valence-corrected chi connectivity index (χ4v) is 5.06. The highest BCUT2D eigenvalue weighted by Crippen LogP contribution is 2.26. The second kappa shape index (κ2) is 12.5. The molecule has 0 radical (unpaired) electrons. The van der Waals surface area contributed by atoms with Gasteiger partial charge in [-0.25, -0.2) is 4.31 Å². The molecule has 2 rings (SSSR count). The quantitative estimate of drug-likeness (QED) is 0.449. The molecule has 0 saturated carbocycles. The topological polar surface area (TPSA) is 90.0 Å². The molecule has 1 N–H and O–H groups in total. The van der Waals surface area contributed by atoms with Crippen molar-refractivity contribution >= 4 is 43.6 Å². The van der Waals surface area contributed by atoms with Crippen molar-refractivity contribution in [2.75, 3.05) is 31.5 Å². The van der Waals surface area contributed by atoms with Gasteiger partial charge in [0.05, 0.1) is 5.69 Å². The number of aryl methyl sites for hydroxylation is 2. The summed E-state index contributed by atoms with van der Waals surface area (Å²) in [6.07, 6.45) is 0.763. The highest BCUT2D eigenvalue weighted by atomic mass is 79.9. The van der Waals surface area contributed by atoms with Crippen molar-refractivity contribution in [1.82, 2.24) is 14.5 Å². The number of hydrogen-bond acceptors (Lipinski definition) is 4. The summed E-state index contributed by atoms with van der Waals surface area (Å²) in [5, 5.41) is 2.83. The number of nitrogens with one attached hydrogen (secondary N) is 1. The third kappa shape index (κ3) is 7.52. The monoisotopic (exact) mass is 566 g/mol. The first-order valence-corrected chi connectivity index (χ1v) is 13.7. The van der Waals surface area contributed by atoms with E-state index < -0.39 is 28.7 Å². The molecular weight excluding hydrogens is 532 g/mol. The Morgan fingerprint density at radius 1 is 1.09 bits per heavy atom. The highest BCUT2D eigenvalue weighted by molar-refractivity contribution is 9.10. The third-order valence-corrected chi connectivity index (χ3v) is 7.91. The lowest BCUT2D eigenvalue weighted by atomic mass is 10.1. The lowest BCUT2D eigenvalue weighted by Gasteiger charge is -2.33. The van der Waals surface area contributed by atoms with Gasteiger partial charge in [0.1, 0.15) is 12.6 Å². The molecule has 0 fully saturated rings. The Kier molecular flexibility index (Phi) is 10.3. The molecule has 0 heterocycles. The predicted octanol–water partition coefficient (Wildman–Crippen LogP) is 3.62. The summed E-state index contributed by atoms with van der Waals surface area (Å²) in [6, 6.07) is 12.1. The van der Waals surface area contributed by atoms with Crippen LogP contribution in [0.1, 0.15) is 37.0 Å². The van der Waals surface area contributed by atoms with Crippen molar-refractivity contribution in [2.24, 2.45) is 0 Å². The molecule has 2 amide bonds. The second-order valence-corrected chi connectivity index (χ2v) is 11.7. The highest BCUT2D eigenvalue weighted by Gasteiger charge is 2.33. The van der Waals surface area contributed by atoms with E-state index in [0.29, 0.717) is 12.2 Å². The number of anilines is 1. The molecule has 2 aromatic rings. The van der Waals surface area contributed by atoms with E-state index >= 15 is 0 Å². The van der Waals surface area contributed by atoms with Crippen molar-refractivity contribution in [2.45, 2.75) is 46.7 Å². The van der Waals surface area contributed by atoms with Crippen LogP contribution < -0.4 is 9.62 Å². The van der Waals surface area contributed by atoms with E-state index in [2.05, 4.69) is 21.2 Å². The minimum absolute atomic E-state index is 0.154. The number of amides is 2. The van der Waals surface area contributed by atoms with E-state index in [0.717, 1.165) is 36.2 Å². The fraction of sp³-hybridized carbons (Fsp3) is 0.440. The number of rotatable bonds is 11. The summed E-state index contributed by atoms with van der Waals surface area (Å²) >= 11 is 3.44. The van der Waals surface area contributed by atoms with Crippen LogP contribution in [0.5, 0.6) is 0 Å². The Morgan fingerprint density at radius 2 is 1.77 bits per heavy atom. The average Bonchev–Trinajstić information content (AvgIpc) is 2.80. The molecule has 1 unspecified atom stereocenters. The molecule has 2 aromatic carbocycles. The normalized spacial score (nSPS) is 12.3. The van der Waals surface area contributed by atoms with E-state index in [4.69, 9.17) is 0 Å². The van der Waals surface area contributed by atoms with Gasteiger partial charge in [0.15, 0.2) is 0 Å². The third-order valence-electron chi connectivity index (χ3n) is 5.61.